The molecular formula is C25H24F3N7O3. The zero-order valence-electron chi connectivity index (χ0n) is 20.2. The van der Waals surface area contributed by atoms with Crippen molar-refractivity contribution in [3.8, 4) is 12.3 Å². The fraction of sp³-hybridized carbons (Fsp3) is 0.400. The minimum Gasteiger partial charge on any atom is -0.374 e. The number of hydrogen-bond donors (Lipinski definition) is 1. The van der Waals surface area contributed by atoms with Crippen molar-refractivity contribution in [2.45, 2.75) is 18.7 Å². The van der Waals surface area contributed by atoms with E-state index in [9.17, 15) is 22.8 Å². The molecule has 1 atom stereocenters. The second-order valence-electron chi connectivity index (χ2n) is 9.06. The highest BCUT2D eigenvalue weighted by molar-refractivity contribution is 5.92. The van der Waals surface area contributed by atoms with Gasteiger partial charge in [-0.1, -0.05) is 5.92 Å². The van der Waals surface area contributed by atoms with Crippen LogP contribution in [0.5, 0.6) is 0 Å². The normalized spacial score (nSPS) is 18.5. The largest absolute Gasteiger partial charge is 0.419 e. The first kappa shape index (κ1) is 25.5. The average molecular weight is 528 g/mol. The lowest BCUT2D eigenvalue weighted by Crippen LogP contribution is -2.51. The zero-order valence-corrected chi connectivity index (χ0v) is 20.2. The number of nitrogens with zero attached hydrogens (tertiary/aromatic N) is 6. The average Bonchev–Trinajstić information content (AvgIpc) is 2.93. The van der Waals surface area contributed by atoms with Crippen molar-refractivity contribution >= 4 is 28.4 Å². The molecule has 2 saturated heterocycles. The predicted molar refractivity (Wildman–Crippen MR) is 133 cm³/mol. The molecule has 0 aliphatic carbocycles. The Morgan fingerprint density at radius 2 is 1.84 bits per heavy atom. The second kappa shape index (κ2) is 10.3. The van der Waals surface area contributed by atoms with E-state index in [2.05, 4.69) is 26.1 Å². The fourth-order valence-electron chi connectivity index (χ4n) is 4.63. The van der Waals surface area contributed by atoms with E-state index in [1.54, 1.807) is 28.0 Å². The Morgan fingerprint density at radius 1 is 1.11 bits per heavy atom. The van der Waals surface area contributed by atoms with Crippen LogP contribution in [0.2, 0.25) is 0 Å². The van der Waals surface area contributed by atoms with Crippen LogP contribution in [0.1, 0.15) is 17.5 Å². The number of terminal acetylenes is 1. The first-order valence-corrected chi connectivity index (χ1v) is 12.0. The van der Waals surface area contributed by atoms with Crippen LogP contribution in [0.3, 0.4) is 0 Å². The zero-order chi connectivity index (χ0) is 26.9. The van der Waals surface area contributed by atoms with E-state index in [4.69, 9.17) is 11.2 Å². The summed E-state index contributed by atoms with van der Waals surface area (Å²) in [6, 6.07) is 5.18. The number of halogens is 3. The van der Waals surface area contributed by atoms with Crippen LogP contribution in [0.15, 0.2) is 35.4 Å². The number of ether oxygens (including phenoxy) is 1. The molecule has 2 fully saturated rings. The van der Waals surface area contributed by atoms with Crippen molar-refractivity contribution in [3.63, 3.8) is 0 Å². The Morgan fingerprint density at radius 3 is 2.53 bits per heavy atom. The number of nitrogens with one attached hydrogen (secondary N) is 1. The number of alkyl halides is 3. The van der Waals surface area contributed by atoms with Gasteiger partial charge in [-0.2, -0.15) is 18.3 Å². The van der Waals surface area contributed by atoms with Gasteiger partial charge in [0.25, 0.3) is 5.56 Å². The van der Waals surface area contributed by atoms with Crippen LogP contribution in [0.4, 0.5) is 24.9 Å². The number of piperazine rings is 1. The molecule has 2 aromatic heterocycles. The number of anilines is 2. The minimum absolute atomic E-state index is 0.0808. The van der Waals surface area contributed by atoms with Crippen molar-refractivity contribution in [3.05, 3.63) is 52.1 Å². The van der Waals surface area contributed by atoms with Gasteiger partial charge in [0.15, 0.2) is 5.82 Å². The number of carbonyl (C=O) groups is 1. The van der Waals surface area contributed by atoms with E-state index in [1.807, 2.05) is 4.90 Å². The van der Waals surface area contributed by atoms with Crippen LogP contribution in [-0.4, -0.2) is 83.0 Å². The van der Waals surface area contributed by atoms with E-state index in [1.165, 1.54) is 0 Å². The molecular weight excluding hydrogens is 503 g/mol. The molecule has 0 saturated carbocycles. The molecule has 3 aromatic rings. The van der Waals surface area contributed by atoms with Gasteiger partial charge in [-0.15, -0.1) is 6.42 Å². The maximum atomic E-state index is 13.0. The molecule has 10 nitrogen and oxygen atoms in total. The van der Waals surface area contributed by atoms with Gasteiger partial charge in [0.2, 0.25) is 11.9 Å². The van der Waals surface area contributed by atoms with Crippen LogP contribution in [0, 0.1) is 12.3 Å². The summed E-state index contributed by atoms with van der Waals surface area (Å²) in [6.45, 7) is 2.94. The van der Waals surface area contributed by atoms with Crippen LogP contribution < -0.4 is 15.4 Å². The van der Waals surface area contributed by atoms with Gasteiger partial charge < -0.3 is 19.4 Å². The van der Waals surface area contributed by atoms with Crippen molar-refractivity contribution in [2.24, 2.45) is 0 Å². The van der Waals surface area contributed by atoms with Crippen molar-refractivity contribution in [2.75, 3.05) is 55.7 Å². The van der Waals surface area contributed by atoms with Gasteiger partial charge in [-0.25, -0.2) is 15.1 Å². The summed E-state index contributed by atoms with van der Waals surface area (Å²) in [5, 5.41) is 7.89. The lowest BCUT2D eigenvalue weighted by Gasteiger charge is -2.37. The molecule has 2 aliphatic heterocycles. The monoisotopic (exact) mass is 527 g/mol. The molecule has 0 radical (unpaired) electrons. The molecule has 13 heteroatoms. The van der Waals surface area contributed by atoms with Gasteiger partial charge >= 0.3 is 6.18 Å². The van der Waals surface area contributed by atoms with E-state index in [0.717, 1.165) is 12.4 Å². The fourth-order valence-corrected chi connectivity index (χ4v) is 4.63. The maximum Gasteiger partial charge on any atom is 0.419 e. The first-order chi connectivity index (χ1) is 18.2. The first-order valence-electron chi connectivity index (χ1n) is 12.0. The molecule has 2 aliphatic rings. The summed E-state index contributed by atoms with van der Waals surface area (Å²) in [6.07, 6.45) is 2.29. The minimum atomic E-state index is -4.49. The number of fused-ring (bicyclic) bond motifs is 1. The highest BCUT2D eigenvalue weighted by Crippen LogP contribution is 2.29. The van der Waals surface area contributed by atoms with Crippen LogP contribution in [-0.2, 0) is 15.7 Å². The summed E-state index contributed by atoms with van der Waals surface area (Å²) in [5.74, 6) is 3.24. The molecule has 0 spiro atoms. The van der Waals surface area contributed by atoms with Gasteiger partial charge in [0.1, 0.15) is 0 Å². The van der Waals surface area contributed by atoms with Gasteiger partial charge in [0.05, 0.1) is 30.1 Å². The molecule has 0 bridgehead atoms. The van der Waals surface area contributed by atoms with Gasteiger partial charge in [-0.3, -0.25) is 9.59 Å². The highest BCUT2D eigenvalue weighted by atomic mass is 19.4. The quantitative estimate of drug-likeness (QED) is 0.511. The summed E-state index contributed by atoms with van der Waals surface area (Å²) in [5.41, 5.74) is -0.642. The third kappa shape index (κ3) is 5.26. The summed E-state index contributed by atoms with van der Waals surface area (Å²) in [4.78, 5) is 38.4. The third-order valence-corrected chi connectivity index (χ3v) is 6.66. The lowest BCUT2D eigenvalue weighted by molar-refractivity contribution is -0.138. The Labute approximate surface area is 215 Å². The smallest absolute Gasteiger partial charge is 0.374 e. The van der Waals surface area contributed by atoms with E-state index < -0.39 is 11.7 Å². The Balaban J connectivity index is 1.19. The number of carbonyl (C=O) groups excluding carboxylic acids is 1. The van der Waals surface area contributed by atoms with Crippen molar-refractivity contribution in [1.29, 1.82) is 0 Å². The van der Waals surface area contributed by atoms with Crippen LogP contribution in [0.25, 0.3) is 10.8 Å². The molecule has 1 N–H and O–H groups in total. The topological polar surface area (TPSA) is 108 Å². The number of aromatic amines is 1. The standard InChI is InChI=1S/C25H24F3N7O3/c1-2-16-3-4-19-20(11-16)23(37)32-31-22(19)35-9-10-38-18(15-35)12-21(36)33-5-7-34(8-6-33)24-29-13-17(14-30-24)25(26,27)28/h1,3-4,11,13-14,18H,5-10,12,15H2,(H,32,37)/t18-/m0/s1. The number of benzene rings is 1. The van der Waals surface area contributed by atoms with Gasteiger partial charge in [0, 0.05) is 62.6 Å². The number of rotatable bonds is 4. The number of aromatic nitrogens is 4. The van der Waals surface area contributed by atoms with Crippen LogP contribution >= 0.6 is 0 Å². The number of hydrogen-bond acceptors (Lipinski definition) is 8. The molecule has 1 aromatic carbocycles. The second-order valence-corrected chi connectivity index (χ2v) is 9.06. The van der Waals surface area contributed by atoms with Crippen molar-refractivity contribution < 1.29 is 22.7 Å². The summed E-state index contributed by atoms with van der Waals surface area (Å²) < 4.78 is 44.1. The lowest BCUT2D eigenvalue weighted by atomic mass is 10.1. The number of H-pyrrole nitrogens is 1. The Hall–Kier alpha value is -4.18. The SMILES string of the molecule is C#Cc1ccc2c(N3CCO[C@@H](CC(=O)N4CCN(c5ncc(C(F)(F)F)cn5)CC4)C3)n[nH]c(=O)c2c1. The van der Waals surface area contributed by atoms with E-state index >= 15 is 0 Å². The molecule has 198 valence electrons. The molecule has 4 heterocycles. The molecule has 38 heavy (non-hydrogen) atoms. The molecule has 1 amide bonds. The number of amides is 1. The van der Waals surface area contributed by atoms with Crippen molar-refractivity contribution in [1.82, 2.24) is 25.1 Å². The summed E-state index contributed by atoms with van der Waals surface area (Å²) in [7, 11) is 0. The van der Waals surface area contributed by atoms with E-state index in [-0.39, 0.29) is 29.9 Å². The Bertz CT molecular complexity index is 1430. The maximum absolute atomic E-state index is 13.0. The highest BCUT2D eigenvalue weighted by Gasteiger charge is 2.32. The van der Waals surface area contributed by atoms with E-state index in [0.29, 0.717) is 68.0 Å². The Kier molecular flexibility index (Phi) is 6.90. The van der Waals surface area contributed by atoms with Gasteiger partial charge in [-0.05, 0) is 18.2 Å². The number of morpholine rings is 1. The molecule has 5 rings (SSSR count). The predicted octanol–water partition coefficient (Wildman–Crippen LogP) is 1.66. The summed E-state index contributed by atoms with van der Waals surface area (Å²) >= 11 is 0. The third-order valence-electron chi connectivity index (χ3n) is 6.66. The molecule has 0 unspecified atom stereocenters.